The summed E-state index contributed by atoms with van der Waals surface area (Å²) in [5, 5.41) is 2.60. The Bertz CT molecular complexity index is 628. The Hall–Kier alpha value is -1.97. The van der Waals surface area contributed by atoms with Crippen LogP contribution in [0.15, 0.2) is 21.9 Å². The molecule has 2 rings (SSSR count). The summed E-state index contributed by atoms with van der Waals surface area (Å²) in [4.78, 5) is 36.7. The highest BCUT2D eigenvalue weighted by molar-refractivity contribution is 5.77. The number of carbonyl (C=O) groups is 1. The number of hydrogen-bond acceptors (Lipinski definition) is 6. The lowest BCUT2D eigenvalue weighted by Gasteiger charge is -2.20. The second kappa shape index (κ2) is 13.3. The monoisotopic (exact) mass is 372 g/mol. The molecule has 9 nitrogen and oxygen atoms in total. The number of aromatic nitrogens is 2. The van der Waals surface area contributed by atoms with Crippen molar-refractivity contribution in [1.82, 2.24) is 14.9 Å². The summed E-state index contributed by atoms with van der Waals surface area (Å²) in [5.41, 5.74) is 4.24. The molecule has 3 unspecified atom stereocenters. The normalized spacial score (nSPS) is 21.1. The van der Waals surface area contributed by atoms with Crippen LogP contribution < -0.4 is 22.3 Å². The molecule has 0 saturated carbocycles. The first-order valence-electron chi connectivity index (χ1n) is 9.06. The summed E-state index contributed by atoms with van der Waals surface area (Å²) >= 11 is 0. The van der Waals surface area contributed by atoms with Crippen molar-refractivity contribution in [2.75, 3.05) is 19.7 Å². The van der Waals surface area contributed by atoms with E-state index >= 15 is 0 Å². The minimum absolute atomic E-state index is 0.124. The van der Waals surface area contributed by atoms with Gasteiger partial charge in [0.05, 0.1) is 6.10 Å². The summed E-state index contributed by atoms with van der Waals surface area (Å²) in [6, 6.07) is 1.23. The number of nitrogens with two attached hydrogens (primary N) is 1. The predicted molar refractivity (Wildman–Crippen MR) is 100 cm³/mol. The summed E-state index contributed by atoms with van der Waals surface area (Å²) in [6.07, 6.45) is 0.639. The number of rotatable bonds is 6. The lowest BCUT2D eigenvalue weighted by atomic mass is 10.2. The maximum Gasteiger partial charge on any atom is 0.330 e. The molecule has 1 saturated heterocycles. The van der Waals surface area contributed by atoms with Gasteiger partial charge in [-0.05, 0) is 6.92 Å². The third kappa shape index (κ3) is 7.51. The number of H-pyrrole nitrogens is 1. The lowest BCUT2D eigenvalue weighted by Crippen LogP contribution is -2.38. The summed E-state index contributed by atoms with van der Waals surface area (Å²) in [7, 11) is 0. The number of nitrogens with zero attached hydrogens (tertiary/aromatic N) is 1. The van der Waals surface area contributed by atoms with E-state index in [4.69, 9.17) is 15.2 Å². The van der Waals surface area contributed by atoms with E-state index in [1.165, 1.54) is 16.8 Å². The van der Waals surface area contributed by atoms with Crippen LogP contribution in [0.2, 0.25) is 0 Å². The Morgan fingerprint density at radius 2 is 2.04 bits per heavy atom. The first-order chi connectivity index (χ1) is 12.5. The molecule has 0 aliphatic carbocycles. The van der Waals surface area contributed by atoms with Crippen LogP contribution in [0, 0.1) is 0 Å². The molecular formula is C17H32N4O5. The second-order valence-corrected chi connectivity index (χ2v) is 5.08. The maximum absolute atomic E-state index is 11.8. The van der Waals surface area contributed by atoms with Crippen molar-refractivity contribution in [1.29, 1.82) is 0 Å². The molecule has 1 aromatic rings. The molecule has 1 aliphatic rings. The van der Waals surface area contributed by atoms with E-state index < -0.39 is 23.6 Å². The van der Waals surface area contributed by atoms with Crippen LogP contribution in [0.4, 0.5) is 0 Å². The first kappa shape index (κ1) is 24.0. The summed E-state index contributed by atoms with van der Waals surface area (Å²) in [6.45, 7) is 10.4. The molecular weight excluding hydrogens is 340 g/mol. The molecule has 1 aromatic heterocycles. The Balaban J connectivity index is 0.00000146. The second-order valence-electron chi connectivity index (χ2n) is 5.08. The van der Waals surface area contributed by atoms with E-state index in [2.05, 4.69) is 10.3 Å². The van der Waals surface area contributed by atoms with Gasteiger partial charge in [0, 0.05) is 31.8 Å². The van der Waals surface area contributed by atoms with Gasteiger partial charge in [-0.25, -0.2) is 4.79 Å². The first-order valence-corrected chi connectivity index (χ1v) is 9.06. The average Bonchev–Trinajstić information content (AvgIpc) is 3.02. The predicted octanol–water partition coefficient (Wildman–Crippen LogP) is 0.357. The zero-order valence-electron chi connectivity index (χ0n) is 16.3. The highest BCUT2D eigenvalue weighted by Gasteiger charge is 2.36. The SMILES string of the molecule is CC.CC.CC1CC(OCC(=O)NCCN)C(n2ccc(=O)[nH]c2=O)O1. The Labute approximate surface area is 153 Å². The van der Waals surface area contributed by atoms with Crippen molar-refractivity contribution < 1.29 is 14.3 Å². The highest BCUT2D eigenvalue weighted by atomic mass is 16.6. The molecule has 3 atom stereocenters. The number of nitrogens with one attached hydrogen (secondary N) is 2. The molecule has 0 spiro atoms. The zero-order chi connectivity index (χ0) is 20.1. The van der Waals surface area contributed by atoms with Crippen LogP contribution in [0.25, 0.3) is 0 Å². The molecule has 1 fully saturated rings. The van der Waals surface area contributed by atoms with Gasteiger partial charge in [-0.2, -0.15) is 0 Å². The summed E-state index contributed by atoms with van der Waals surface area (Å²) in [5.74, 6) is -0.280. The molecule has 9 heteroatoms. The Morgan fingerprint density at radius 1 is 1.38 bits per heavy atom. The van der Waals surface area contributed by atoms with E-state index in [1.807, 2.05) is 34.6 Å². The minimum Gasteiger partial charge on any atom is -0.364 e. The molecule has 26 heavy (non-hydrogen) atoms. The highest BCUT2D eigenvalue weighted by Crippen LogP contribution is 2.29. The van der Waals surface area contributed by atoms with Gasteiger partial charge in [0.25, 0.3) is 5.56 Å². The Kier molecular flexibility index (Phi) is 12.3. The van der Waals surface area contributed by atoms with Gasteiger partial charge in [0.15, 0.2) is 6.23 Å². The molecule has 2 heterocycles. The smallest absolute Gasteiger partial charge is 0.330 e. The van der Waals surface area contributed by atoms with Gasteiger partial charge in [-0.15, -0.1) is 0 Å². The molecule has 0 aromatic carbocycles. The van der Waals surface area contributed by atoms with Gasteiger partial charge in [-0.1, -0.05) is 27.7 Å². The quantitative estimate of drug-likeness (QED) is 0.661. The van der Waals surface area contributed by atoms with Crippen LogP contribution in [0.3, 0.4) is 0 Å². The topological polar surface area (TPSA) is 128 Å². The van der Waals surface area contributed by atoms with E-state index in [0.717, 1.165) is 0 Å². The average molecular weight is 372 g/mol. The molecule has 150 valence electrons. The fourth-order valence-electron chi connectivity index (χ4n) is 2.29. The molecule has 1 aliphatic heterocycles. The van der Waals surface area contributed by atoms with Gasteiger partial charge in [0.1, 0.15) is 12.7 Å². The zero-order valence-corrected chi connectivity index (χ0v) is 16.3. The van der Waals surface area contributed by atoms with Crippen LogP contribution in [-0.4, -0.2) is 47.4 Å². The maximum atomic E-state index is 11.8. The summed E-state index contributed by atoms with van der Waals surface area (Å²) < 4.78 is 12.5. The molecule has 4 N–H and O–H groups in total. The van der Waals surface area contributed by atoms with E-state index in [9.17, 15) is 14.4 Å². The number of aromatic amines is 1. The Morgan fingerprint density at radius 3 is 2.62 bits per heavy atom. The van der Waals surface area contributed by atoms with E-state index in [-0.39, 0.29) is 18.6 Å². The van der Waals surface area contributed by atoms with Crippen molar-refractivity contribution >= 4 is 5.91 Å². The molecule has 1 amide bonds. The van der Waals surface area contributed by atoms with Gasteiger partial charge < -0.3 is 20.5 Å². The van der Waals surface area contributed by atoms with E-state index in [1.54, 1.807) is 0 Å². The van der Waals surface area contributed by atoms with Crippen molar-refractivity contribution in [2.45, 2.75) is 59.5 Å². The van der Waals surface area contributed by atoms with Gasteiger partial charge >= 0.3 is 5.69 Å². The number of hydrogen-bond donors (Lipinski definition) is 3. The van der Waals surface area contributed by atoms with E-state index in [0.29, 0.717) is 19.5 Å². The fourth-order valence-corrected chi connectivity index (χ4v) is 2.29. The van der Waals surface area contributed by atoms with Gasteiger partial charge in [0.2, 0.25) is 5.91 Å². The van der Waals surface area contributed by atoms with Crippen LogP contribution in [-0.2, 0) is 14.3 Å². The van der Waals surface area contributed by atoms with Crippen molar-refractivity contribution in [3.63, 3.8) is 0 Å². The lowest BCUT2D eigenvalue weighted by molar-refractivity contribution is -0.130. The van der Waals surface area contributed by atoms with Crippen molar-refractivity contribution in [2.24, 2.45) is 5.73 Å². The van der Waals surface area contributed by atoms with Crippen molar-refractivity contribution in [3.8, 4) is 0 Å². The van der Waals surface area contributed by atoms with Gasteiger partial charge in [-0.3, -0.25) is 19.1 Å². The third-order valence-electron chi connectivity index (χ3n) is 3.27. The third-order valence-corrected chi connectivity index (χ3v) is 3.27. The number of ether oxygens (including phenoxy) is 2. The number of amides is 1. The van der Waals surface area contributed by atoms with Crippen LogP contribution in [0.1, 0.15) is 47.3 Å². The van der Waals surface area contributed by atoms with Crippen LogP contribution >= 0.6 is 0 Å². The van der Waals surface area contributed by atoms with Crippen molar-refractivity contribution in [3.05, 3.63) is 33.1 Å². The van der Waals surface area contributed by atoms with Crippen LogP contribution in [0.5, 0.6) is 0 Å². The minimum atomic E-state index is -0.679. The standard InChI is InChI=1S/C13H20N4O5.2C2H6/c1-8-6-9(21-7-11(19)15-4-3-14)12(22-8)17-5-2-10(18)16-13(17)20;2*1-2/h2,5,8-9,12H,3-4,6-7,14H2,1H3,(H,15,19)(H,16,18,20);2*1-2H3. The molecule has 0 radical (unpaired) electrons. The number of carbonyl (C=O) groups excluding carboxylic acids is 1. The fraction of sp³-hybridized carbons (Fsp3) is 0.706. The molecule has 0 bridgehead atoms. The largest absolute Gasteiger partial charge is 0.364 e.